The Morgan fingerprint density at radius 3 is 2.08 bits per heavy atom. The third-order valence-electron chi connectivity index (χ3n) is 2.07. The Bertz CT molecular complexity index is 92.3. The van der Waals surface area contributed by atoms with Gasteiger partial charge < -0.3 is 9.47 Å². The van der Waals surface area contributed by atoms with E-state index in [0.29, 0.717) is 12.2 Å². The second kappa shape index (κ2) is 8.52. The van der Waals surface area contributed by atoms with Crippen LogP contribution in [-0.2, 0) is 9.47 Å². The Morgan fingerprint density at radius 1 is 0.923 bits per heavy atom. The van der Waals surface area contributed by atoms with E-state index in [2.05, 4.69) is 20.8 Å². The molecule has 0 N–H and O–H groups in total. The first-order valence-electron chi connectivity index (χ1n) is 5.43. The van der Waals surface area contributed by atoms with Crippen LogP contribution in [0.4, 0.5) is 0 Å². The molecule has 0 aromatic heterocycles. The van der Waals surface area contributed by atoms with Crippen molar-refractivity contribution >= 4 is 0 Å². The standard InChI is InChI=1S/C11H24O2/c1-5-7-10(3)13-9-8-11(4)12-6-2/h10-11H,5-9H2,1-4H3. The van der Waals surface area contributed by atoms with Gasteiger partial charge in [-0.1, -0.05) is 13.3 Å². The van der Waals surface area contributed by atoms with Gasteiger partial charge in [0, 0.05) is 13.2 Å². The molecule has 0 saturated carbocycles. The molecule has 0 fully saturated rings. The summed E-state index contributed by atoms with van der Waals surface area (Å²) in [6.07, 6.45) is 4.09. The molecule has 0 aliphatic carbocycles. The number of hydrogen-bond acceptors (Lipinski definition) is 2. The molecule has 2 nitrogen and oxygen atoms in total. The molecule has 0 amide bonds. The number of ether oxygens (including phenoxy) is 2. The summed E-state index contributed by atoms with van der Waals surface area (Å²) in [5, 5.41) is 0. The van der Waals surface area contributed by atoms with Crippen molar-refractivity contribution in [2.45, 2.75) is 59.2 Å². The fourth-order valence-electron chi connectivity index (χ4n) is 1.29. The van der Waals surface area contributed by atoms with Crippen molar-refractivity contribution in [1.82, 2.24) is 0 Å². The third-order valence-corrected chi connectivity index (χ3v) is 2.07. The average Bonchev–Trinajstić information content (AvgIpc) is 2.05. The first-order chi connectivity index (χ1) is 6.20. The molecule has 0 heterocycles. The molecule has 0 saturated heterocycles. The Kier molecular flexibility index (Phi) is 8.46. The molecule has 0 aromatic carbocycles. The lowest BCUT2D eigenvalue weighted by molar-refractivity contribution is 0.0124. The molecule has 2 heteroatoms. The fourth-order valence-corrected chi connectivity index (χ4v) is 1.29. The van der Waals surface area contributed by atoms with E-state index >= 15 is 0 Å². The maximum absolute atomic E-state index is 5.62. The van der Waals surface area contributed by atoms with Crippen molar-refractivity contribution in [3.8, 4) is 0 Å². The SMILES string of the molecule is CCCC(C)OCCC(C)OCC. The van der Waals surface area contributed by atoms with Crippen LogP contribution >= 0.6 is 0 Å². The monoisotopic (exact) mass is 188 g/mol. The van der Waals surface area contributed by atoms with Crippen molar-refractivity contribution in [2.24, 2.45) is 0 Å². The summed E-state index contributed by atoms with van der Waals surface area (Å²) in [5.41, 5.74) is 0. The lowest BCUT2D eigenvalue weighted by atomic mass is 10.2. The van der Waals surface area contributed by atoms with Gasteiger partial charge in [-0.3, -0.25) is 0 Å². The minimum absolute atomic E-state index is 0.332. The summed E-state index contributed by atoms with van der Waals surface area (Å²) in [5.74, 6) is 0. The van der Waals surface area contributed by atoms with Gasteiger partial charge in [0.1, 0.15) is 0 Å². The minimum atomic E-state index is 0.332. The van der Waals surface area contributed by atoms with Crippen LogP contribution in [0.2, 0.25) is 0 Å². The third kappa shape index (κ3) is 8.26. The van der Waals surface area contributed by atoms with Gasteiger partial charge in [0.05, 0.1) is 12.2 Å². The summed E-state index contributed by atoms with van der Waals surface area (Å²) in [6, 6.07) is 0. The number of hydrogen-bond donors (Lipinski definition) is 0. The highest BCUT2D eigenvalue weighted by Crippen LogP contribution is 2.03. The van der Waals surface area contributed by atoms with E-state index in [4.69, 9.17) is 9.47 Å². The molecule has 2 unspecified atom stereocenters. The highest BCUT2D eigenvalue weighted by molar-refractivity contribution is 4.52. The van der Waals surface area contributed by atoms with Crippen LogP contribution in [0.1, 0.15) is 47.0 Å². The zero-order valence-electron chi connectivity index (χ0n) is 9.51. The molecule has 13 heavy (non-hydrogen) atoms. The van der Waals surface area contributed by atoms with Gasteiger partial charge in [-0.15, -0.1) is 0 Å². The first kappa shape index (κ1) is 12.9. The Hall–Kier alpha value is -0.0800. The second-order valence-electron chi connectivity index (χ2n) is 3.52. The summed E-state index contributed by atoms with van der Waals surface area (Å²) in [4.78, 5) is 0. The summed E-state index contributed by atoms with van der Waals surface area (Å²) in [6.45, 7) is 10.1. The second-order valence-corrected chi connectivity index (χ2v) is 3.52. The van der Waals surface area contributed by atoms with Gasteiger partial charge in [0.15, 0.2) is 0 Å². The topological polar surface area (TPSA) is 18.5 Å². The Balaban J connectivity index is 3.23. The molecule has 0 aromatic rings. The molecular formula is C11H24O2. The van der Waals surface area contributed by atoms with Crippen LogP contribution in [0.3, 0.4) is 0 Å². The van der Waals surface area contributed by atoms with E-state index < -0.39 is 0 Å². The van der Waals surface area contributed by atoms with Gasteiger partial charge >= 0.3 is 0 Å². The first-order valence-corrected chi connectivity index (χ1v) is 5.43. The molecule has 0 rings (SSSR count). The van der Waals surface area contributed by atoms with Crippen LogP contribution < -0.4 is 0 Å². The van der Waals surface area contributed by atoms with Gasteiger partial charge in [-0.05, 0) is 33.6 Å². The zero-order chi connectivity index (χ0) is 10.1. The summed E-state index contributed by atoms with van der Waals surface area (Å²) >= 11 is 0. The highest BCUT2D eigenvalue weighted by atomic mass is 16.5. The van der Waals surface area contributed by atoms with Crippen LogP contribution in [0, 0.1) is 0 Å². The highest BCUT2D eigenvalue weighted by Gasteiger charge is 2.03. The predicted octanol–water partition coefficient (Wildman–Crippen LogP) is 3.01. The Labute approximate surface area is 82.6 Å². The summed E-state index contributed by atoms with van der Waals surface area (Å²) < 4.78 is 11.0. The van der Waals surface area contributed by atoms with E-state index in [1.54, 1.807) is 0 Å². The predicted molar refractivity (Wildman–Crippen MR) is 56.0 cm³/mol. The van der Waals surface area contributed by atoms with Crippen molar-refractivity contribution in [1.29, 1.82) is 0 Å². The smallest absolute Gasteiger partial charge is 0.0568 e. The van der Waals surface area contributed by atoms with Crippen molar-refractivity contribution < 1.29 is 9.47 Å². The normalized spacial score (nSPS) is 15.7. The fraction of sp³-hybridized carbons (Fsp3) is 1.00. The summed E-state index contributed by atoms with van der Waals surface area (Å²) in [7, 11) is 0. The molecule has 80 valence electrons. The molecule has 2 atom stereocenters. The van der Waals surface area contributed by atoms with Crippen molar-refractivity contribution in [3.63, 3.8) is 0 Å². The van der Waals surface area contributed by atoms with Gasteiger partial charge in [0.2, 0.25) is 0 Å². The van der Waals surface area contributed by atoms with Crippen LogP contribution in [0.15, 0.2) is 0 Å². The molecule has 0 bridgehead atoms. The van der Waals surface area contributed by atoms with Gasteiger partial charge in [-0.2, -0.15) is 0 Å². The zero-order valence-corrected chi connectivity index (χ0v) is 9.51. The van der Waals surface area contributed by atoms with Crippen LogP contribution in [0.25, 0.3) is 0 Å². The van der Waals surface area contributed by atoms with Crippen LogP contribution in [-0.4, -0.2) is 25.4 Å². The van der Waals surface area contributed by atoms with E-state index in [0.717, 1.165) is 26.1 Å². The minimum Gasteiger partial charge on any atom is -0.379 e. The van der Waals surface area contributed by atoms with Gasteiger partial charge in [0.25, 0.3) is 0 Å². The van der Waals surface area contributed by atoms with Crippen LogP contribution in [0.5, 0.6) is 0 Å². The molecule has 0 radical (unpaired) electrons. The maximum atomic E-state index is 5.62. The van der Waals surface area contributed by atoms with Crippen molar-refractivity contribution in [2.75, 3.05) is 13.2 Å². The molecule has 0 aliphatic rings. The number of rotatable bonds is 8. The maximum Gasteiger partial charge on any atom is 0.0568 e. The molecular weight excluding hydrogens is 164 g/mol. The van der Waals surface area contributed by atoms with Crippen molar-refractivity contribution in [3.05, 3.63) is 0 Å². The Morgan fingerprint density at radius 2 is 1.54 bits per heavy atom. The average molecular weight is 188 g/mol. The van der Waals surface area contributed by atoms with E-state index in [1.165, 1.54) is 6.42 Å². The van der Waals surface area contributed by atoms with E-state index in [9.17, 15) is 0 Å². The molecule has 0 spiro atoms. The molecule has 0 aliphatic heterocycles. The lowest BCUT2D eigenvalue weighted by Crippen LogP contribution is -2.15. The largest absolute Gasteiger partial charge is 0.379 e. The lowest BCUT2D eigenvalue weighted by Gasteiger charge is -2.15. The van der Waals surface area contributed by atoms with E-state index in [1.807, 2.05) is 6.92 Å². The van der Waals surface area contributed by atoms with E-state index in [-0.39, 0.29) is 0 Å². The quantitative estimate of drug-likeness (QED) is 0.583. The van der Waals surface area contributed by atoms with Gasteiger partial charge in [-0.25, -0.2) is 0 Å².